The molecule has 0 bridgehead atoms. The van der Waals surface area contributed by atoms with E-state index in [0.717, 1.165) is 30.0 Å². The first-order valence-corrected chi connectivity index (χ1v) is 10.1. The van der Waals surface area contributed by atoms with E-state index in [1.54, 1.807) is 0 Å². The molecule has 1 aliphatic heterocycles. The van der Waals surface area contributed by atoms with Gasteiger partial charge in [-0.15, -0.1) is 0 Å². The van der Waals surface area contributed by atoms with Gasteiger partial charge in [-0.05, 0) is 37.8 Å². The Kier molecular flexibility index (Phi) is 5.64. The molecule has 2 aliphatic rings. The van der Waals surface area contributed by atoms with Crippen molar-refractivity contribution in [1.29, 1.82) is 0 Å². The normalized spacial score (nSPS) is 20.3. The van der Waals surface area contributed by atoms with Crippen molar-refractivity contribution >= 4 is 21.8 Å². The second-order valence-corrected chi connectivity index (χ2v) is 8.54. The van der Waals surface area contributed by atoms with Gasteiger partial charge >= 0.3 is 0 Å². The fourth-order valence-corrected chi connectivity index (χ4v) is 3.65. The van der Waals surface area contributed by atoms with Crippen molar-refractivity contribution in [2.24, 2.45) is 0 Å². The van der Waals surface area contributed by atoms with Crippen molar-refractivity contribution in [2.75, 3.05) is 26.7 Å². The number of amides is 2. The van der Waals surface area contributed by atoms with Crippen molar-refractivity contribution in [3.8, 4) is 0 Å². The minimum atomic E-state index is -3.99. The maximum Gasteiger partial charge on any atom is 0.287 e. The molecule has 2 amide bonds. The molecule has 144 valence electrons. The molecule has 1 aromatic rings. The van der Waals surface area contributed by atoms with Gasteiger partial charge in [-0.1, -0.05) is 0 Å². The Morgan fingerprint density at radius 2 is 2.04 bits per heavy atom. The number of hydrogen-bond donors (Lipinski definition) is 2. The van der Waals surface area contributed by atoms with E-state index in [0.29, 0.717) is 13.2 Å². The third kappa shape index (κ3) is 4.63. The third-order valence-corrected chi connectivity index (χ3v) is 5.97. The number of hydrogen-bond acceptors (Lipinski definition) is 6. The summed E-state index contributed by atoms with van der Waals surface area (Å²) in [5, 5.41) is 5.02. The number of carbonyl (C=O) groups excluding carboxylic acids is 2. The van der Waals surface area contributed by atoms with Crippen LogP contribution in [-0.2, 0) is 19.6 Å². The zero-order valence-electron chi connectivity index (χ0n) is 14.6. The van der Waals surface area contributed by atoms with Crippen LogP contribution >= 0.6 is 0 Å². The quantitative estimate of drug-likeness (QED) is 0.655. The van der Waals surface area contributed by atoms with Crippen LogP contribution in [0, 0.1) is 0 Å². The first kappa shape index (κ1) is 18.9. The Hall–Kier alpha value is -1.91. The van der Waals surface area contributed by atoms with E-state index in [4.69, 9.17) is 9.15 Å². The van der Waals surface area contributed by atoms with Crippen LogP contribution < -0.4 is 10.6 Å². The fraction of sp³-hybridized carbons (Fsp3) is 0.625. The van der Waals surface area contributed by atoms with Crippen LogP contribution in [0.25, 0.3) is 0 Å². The summed E-state index contributed by atoms with van der Waals surface area (Å²) in [6.45, 7) is 0.729. The predicted molar refractivity (Wildman–Crippen MR) is 91.0 cm³/mol. The summed E-state index contributed by atoms with van der Waals surface area (Å²) in [4.78, 5) is 23.9. The van der Waals surface area contributed by atoms with E-state index >= 15 is 0 Å². The molecule has 0 radical (unpaired) electrons. The minimum Gasteiger partial charge on any atom is -0.438 e. The average molecular weight is 385 g/mol. The van der Waals surface area contributed by atoms with Crippen molar-refractivity contribution in [3.05, 3.63) is 17.9 Å². The largest absolute Gasteiger partial charge is 0.438 e. The molecule has 1 saturated heterocycles. The maximum atomic E-state index is 12.5. The summed E-state index contributed by atoms with van der Waals surface area (Å²) in [7, 11) is -2.70. The summed E-state index contributed by atoms with van der Waals surface area (Å²) < 4.78 is 36.5. The lowest BCUT2D eigenvalue weighted by molar-refractivity contribution is -0.121. The molecular weight excluding hydrogens is 362 g/mol. The molecule has 10 heteroatoms. The summed E-state index contributed by atoms with van der Waals surface area (Å²) in [6.07, 6.45) is 3.67. The monoisotopic (exact) mass is 385 g/mol. The van der Waals surface area contributed by atoms with E-state index < -0.39 is 15.9 Å². The molecule has 1 atom stereocenters. The summed E-state index contributed by atoms with van der Waals surface area (Å²) in [6, 6.07) is 2.67. The molecule has 9 nitrogen and oxygen atoms in total. The Labute approximate surface area is 152 Å². The smallest absolute Gasteiger partial charge is 0.287 e. The van der Waals surface area contributed by atoms with E-state index in [2.05, 4.69) is 10.6 Å². The summed E-state index contributed by atoms with van der Waals surface area (Å²) in [5.41, 5.74) is 0. The zero-order valence-corrected chi connectivity index (χ0v) is 15.4. The van der Waals surface area contributed by atoms with Gasteiger partial charge in [-0.25, -0.2) is 8.42 Å². The third-order valence-electron chi connectivity index (χ3n) is 4.29. The van der Waals surface area contributed by atoms with Gasteiger partial charge in [0.25, 0.3) is 15.9 Å². The summed E-state index contributed by atoms with van der Waals surface area (Å²) in [5.74, 6) is -0.965. The minimum absolute atomic E-state index is 0.0202. The first-order valence-electron chi connectivity index (χ1n) is 8.61. The number of likely N-dealkylation sites (N-methyl/N-ethyl adjacent to an activating group) is 1. The van der Waals surface area contributed by atoms with Crippen LogP contribution in [0.5, 0.6) is 0 Å². The lowest BCUT2D eigenvalue weighted by Crippen LogP contribution is -2.39. The molecule has 2 heterocycles. The van der Waals surface area contributed by atoms with Crippen molar-refractivity contribution in [1.82, 2.24) is 14.9 Å². The van der Waals surface area contributed by atoms with Crippen LogP contribution in [0.15, 0.2) is 21.6 Å². The Bertz CT molecular complexity index is 765. The van der Waals surface area contributed by atoms with Crippen molar-refractivity contribution in [3.63, 3.8) is 0 Å². The van der Waals surface area contributed by atoms with Crippen LogP contribution in [0.3, 0.4) is 0 Å². The Morgan fingerprint density at radius 1 is 1.27 bits per heavy atom. The second kappa shape index (κ2) is 7.77. The highest BCUT2D eigenvalue weighted by Gasteiger charge is 2.30. The molecule has 3 rings (SSSR count). The first-order chi connectivity index (χ1) is 12.4. The molecule has 0 unspecified atom stereocenters. The van der Waals surface area contributed by atoms with Gasteiger partial charge in [0, 0.05) is 26.2 Å². The molecule has 0 spiro atoms. The number of ether oxygens (including phenoxy) is 1. The topological polar surface area (TPSA) is 118 Å². The van der Waals surface area contributed by atoms with Gasteiger partial charge in [0.15, 0.2) is 5.76 Å². The number of nitrogens with one attached hydrogen (secondary N) is 2. The van der Waals surface area contributed by atoms with Crippen LogP contribution in [-0.4, -0.2) is 63.4 Å². The highest BCUT2D eigenvalue weighted by atomic mass is 32.2. The van der Waals surface area contributed by atoms with Crippen LogP contribution in [0.2, 0.25) is 0 Å². The molecule has 2 N–H and O–H groups in total. The highest BCUT2D eigenvalue weighted by Crippen LogP contribution is 2.20. The van der Waals surface area contributed by atoms with Gasteiger partial charge in [0.1, 0.15) is 0 Å². The van der Waals surface area contributed by atoms with Gasteiger partial charge in [0.2, 0.25) is 11.0 Å². The zero-order chi connectivity index (χ0) is 18.7. The fourth-order valence-electron chi connectivity index (χ4n) is 2.62. The van der Waals surface area contributed by atoms with E-state index in [1.165, 1.54) is 19.2 Å². The maximum absolute atomic E-state index is 12.5. The predicted octanol–water partition coefficient (Wildman–Crippen LogP) is 0.0875. The molecule has 0 aromatic carbocycles. The molecular formula is C16H23N3O6S. The number of rotatable bonds is 8. The highest BCUT2D eigenvalue weighted by molar-refractivity contribution is 7.89. The van der Waals surface area contributed by atoms with E-state index in [1.807, 2.05) is 0 Å². The van der Waals surface area contributed by atoms with Crippen molar-refractivity contribution in [2.45, 2.75) is 42.9 Å². The SMILES string of the molecule is CN(CC(=O)NC1CC1)S(=O)(=O)c1ccc(C(=O)NC[C@H]2CCCO2)o1. The molecule has 2 fully saturated rings. The average Bonchev–Trinajstić information content (AvgIpc) is 3.07. The Morgan fingerprint density at radius 3 is 2.69 bits per heavy atom. The lowest BCUT2D eigenvalue weighted by Gasteiger charge is -2.15. The molecule has 26 heavy (non-hydrogen) atoms. The number of furan rings is 1. The number of sulfonamides is 1. The van der Waals surface area contributed by atoms with Crippen molar-refractivity contribution < 1.29 is 27.2 Å². The number of carbonyl (C=O) groups is 2. The summed E-state index contributed by atoms with van der Waals surface area (Å²) >= 11 is 0. The van der Waals surface area contributed by atoms with E-state index in [9.17, 15) is 18.0 Å². The molecule has 1 aliphatic carbocycles. The Balaban J connectivity index is 1.57. The van der Waals surface area contributed by atoms with Crippen LogP contribution in [0.1, 0.15) is 36.2 Å². The lowest BCUT2D eigenvalue weighted by atomic mass is 10.2. The van der Waals surface area contributed by atoms with Gasteiger partial charge in [-0.3, -0.25) is 9.59 Å². The van der Waals surface area contributed by atoms with Gasteiger partial charge < -0.3 is 19.8 Å². The standard InChI is InChI=1S/C16H23N3O6S/c1-19(10-14(20)18-11-4-5-11)26(22,23)15-7-6-13(25-15)16(21)17-9-12-3-2-8-24-12/h6-7,11-12H,2-5,8-10H2,1H3,(H,17,21)(H,18,20)/t12-/m1/s1. The molecule has 1 saturated carbocycles. The number of nitrogens with zero attached hydrogens (tertiary/aromatic N) is 1. The van der Waals surface area contributed by atoms with E-state index in [-0.39, 0.29) is 35.5 Å². The van der Waals surface area contributed by atoms with Gasteiger partial charge in [-0.2, -0.15) is 4.31 Å². The molecule has 1 aromatic heterocycles. The van der Waals surface area contributed by atoms with Crippen LogP contribution in [0.4, 0.5) is 0 Å². The second-order valence-electron chi connectivity index (χ2n) is 6.57. The van der Waals surface area contributed by atoms with Gasteiger partial charge in [0.05, 0.1) is 12.6 Å².